The first-order chi connectivity index (χ1) is 15.1. The zero-order valence-corrected chi connectivity index (χ0v) is 17.7. The first-order valence-corrected chi connectivity index (χ1v) is 10.1. The van der Waals surface area contributed by atoms with Gasteiger partial charge in [0.15, 0.2) is 17.3 Å². The minimum atomic E-state index is -0.407. The minimum absolute atomic E-state index is 0.109. The van der Waals surface area contributed by atoms with E-state index in [2.05, 4.69) is 10.5 Å². The predicted octanol–water partition coefficient (Wildman–Crippen LogP) is 4.61. The lowest BCUT2D eigenvalue weighted by atomic mass is 10.1. The van der Waals surface area contributed by atoms with Gasteiger partial charge < -0.3 is 24.1 Å². The summed E-state index contributed by atoms with van der Waals surface area (Å²) in [5.41, 5.74) is 1.13. The molecule has 31 heavy (non-hydrogen) atoms. The van der Waals surface area contributed by atoms with E-state index in [0.717, 1.165) is 0 Å². The number of benzene rings is 2. The van der Waals surface area contributed by atoms with Gasteiger partial charge in [0.2, 0.25) is 5.75 Å². The van der Waals surface area contributed by atoms with E-state index >= 15 is 0 Å². The Labute approximate surface area is 180 Å². The summed E-state index contributed by atoms with van der Waals surface area (Å²) < 4.78 is 36.1. The van der Waals surface area contributed by atoms with E-state index < -0.39 is 5.82 Å². The second kappa shape index (κ2) is 10.5. The summed E-state index contributed by atoms with van der Waals surface area (Å²) in [6, 6.07) is 11.1. The highest BCUT2D eigenvalue weighted by Gasteiger charge is 2.19. The normalized spacial score (nSPS) is 10.6. The lowest BCUT2D eigenvalue weighted by molar-refractivity contribution is 0.0949. The summed E-state index contributed by atoms with van der Waals surface area (Å²) in [5, 5.41) is 6.68. The first-order valence-electron chi connectivity index (χ1n) is 10.1. The van der Waals surface area contributed by atoms with Crippen molar-refractivity contribution in [1.82, 2.24) is 10.5 Å². The molecule has 1 N–H and O–H groups in total. The van der Waals surface area contributed by atoms with Gasteiger partial charge in [0.25, 0.3) is 5.91 Å². The molecule has 0 aliphatic rings. The third-order valence-corrected chi connectivity index (χ3v) is 4.30. The number of ether oxygens (including phenoxy) is 3. The Bertz CT molecular complexity index is 1010. The molecule has 0 saturated heterocycles. The zero-order valence-electron chi connectivity index (χ0n) is 17.7. The van der Waals surface area contributed by atoms with E-state index in [1.807, 2.05) is 20.8 Å². The van der Waals surface area contributed by atoms with Crippen molar-refractivity contribution >= 4 is 5.91 Å². The number of nitrogens with one attached hydrogen (secondary N) is 1. The number of hydrogen-bond acceptors (Lipinski definition) is 6. The van der Waals surface area contributed by atoms with Gasteiger partial charge >= 0.3 is 0 Å². The van der Waals surface area contributed by atoms with Crippen molar-refractivity contribution in [2.45, 2.75) is 27.3 Å². The van der Waals surface area contributed by atoms with E-state index in [0.29, 0.717) is 59.7 Å². The molecule has 3 aromatic rings. The molecule has 8 heteroatoms. The number of rotatable bonds is 10. The molecule has 0 bridgehead atoms. The molecule has 0 saturated carbocycles. The maximum Gasteiger partial charge on any atom is 0.251 e. The van der Waals surface area contributed by atoms with E-state index in [4.69, 9.17) is 18.7 Å². The highest BCUT2D eigenvalue weighted by Crippen LogP contribution is 2.39. The summed E-state index contributed by atoms with van der Waals surface area (Å²) in [6.45, 7) is 6.92. The van der Waals surface area contributed by atoms with Crippen molar-refractivity contribution in [3.8, 4) is 28.6 Å². The molecule has 0 spiro atoms. The van der Waals surface area contributed by atoms with Crippen LogP contribution in [0.3, 0.4) is 0 Å². The second-order valence-electron chi connectivity index (χ2n) is 6.45. The summed E-state index contributed by atoms with van der Waals surface area (Å²) in [4.78, 5) is 12.7. The molecule has 0 atom stereocenters. The molecular formula is C23H25FN2O5. The third-order valence-electron chi connectivity index (χ3n) is 4.30. The summed E-state index contributed by atoms with van der Waals surface area (Å²) >= 11 is 0. The van der Waals surface area contributed by atoms with Crippen LogP contribution in [0.4, 0.5) is 4.39 Å². The standard InChI is InChI=1S/C23H25FN2O5/c1-4-28-20-11-15(12-21(29-5-2)22(20)30-6-3)23(27)25-14-16-13-19(31-26-16)17-9-7-8-10-18(17)24/h7-13H,4-6,14H2,1-3H3,(H,25,27). The van der Waals surface area contributed by atoms with E-state index in [9.17, 15) is 9.18 Å². The second-order valence-corrected chi connectivity index (χ2v) is 6.45. The van der Waals surface area contributed by atoms with Gasteiger partial charge in [0, 0.05) is 11.6 Å². The van der Waals surface area contributed by atoms with Gasteiger partial charge in [-0.3, -0.25) is 4.79 Å². The van der Waals surface area contributed by atoms with Crippen LogP contribution in [0.25, 0.3) is 11.3 Å². The fourth-order valence-electron chi connectivity index (χ4n) is 2.98. The largest absolute Gasteiger partial charge is 0.490 e. The lowest BCUT2D eigenvalue weighted by Crippen LogP contribution is -2.23. The highest BCUT2D eigenvalue weighted by molar-refractivity contribution is 5.95. The van der Waals surface area contributed by atoms with Crippen molar-refractivity contribution in [3.05, 3.63) is 59.5 Å². The Morgan fingerprint density at radius 3 is 2.26 bits per heavy atom. The van der Waals surface area contributed by atoms with E-state index in [-0.39, 0.29) is 12.5 Å². The molecule has 1 heterocycles. The topological polar surface area (TPSA) is 82.8 Å². The van der Waals surface area contributed by atoms with Gasteiger partial charge in [-0.2, -0.15) is 0 Å². The Morgan fingerprint density at radius 2 is 1.65 bits per heavy atom. The molecule has 2 aromatic carbocycles. The van der Waals surface area contributed by atoms with Crippen LogP contribution < -0.4 is 19.5 Å². The molecule has 164 valence electrons. The number of carbonyl (C=O) groups excluding carboxylic acids is 1. The zero-order chi connectivity index (χ0) is 22.2. The molecule has 1 aromatic heterocycles. The Balaban J connectivity index is 1.76. The number of aromatic nitrogens is 1. The number of hydrogen-bond donors (Lipinski definition) is 1. The van der Waals surface area contributed by atoms with Crippen molar-refractivity contribution in [1.29, 1.82) is 0 Å². The number of amides is 1. The van der Waals surface area contributed by atoms with Crippen LogP contribution in [-0.2, 0) is 6.54 Å². The van der Waals surface area contributed by atoms with Gasteiger partial charge in [-0.15, -0.1) is 0 Å². The molecule has 0 radical (unpaired) electrons. The van der Waals surface area contributed by atoms with E-state index in [1.54, 1.807) is 36.4 Å². The van der Waals surface area contributed by atoms with Crippen LogP contribution in [0, 0.1) is 5.82 Å². The van der Waals surface area contributed by atoms with Crippen LogP contribution >= 0.6 is 0 Å². The Kier molecular flexibility index (Phi) is 7.48. The molecule has 3 rings (SSSR count). The van der Waals surface area contributed by atoms with Crippen molar-refractivity contribution < 1.29 is 27.9 Å². The molecule has 1 amide bonds. The lowest BCUT2D eigenvalue weighted by Gasteiger charge is -2.17. The number of halogens is 1. The van der Waals surface area contributed by atoms with Gasteiger partial charge in [-0.25, -0.2) is 4.39 Å². The maximum atomic E-state index is 13.9. The molecule has 0 unspecified atom stereocenters. The summed E-state index contributed by atoms with van der Waals surface area (Å²) in [5.74, 6) is 0.873. The van der Waals surface area contributed by atoms with Crippen LogP contribution in [0.15, 0.2) is 47.0 Å². The molecular weight excluding hydrogens is 403 g/mol. The molecule has 0 aliphatic heterocycles. The molecule has 7 nitrogen and oxygen atoms in total. The van der Waals surface area contributed by atoms with Crippen molar-refractivity contribution in [3.63, 3.8) is 0 Å². The quantitative estimate of drug-likeness (QED) is 0.508. The van der Waals surface area contributed by atoms with Crippen LogP contribution in [0.2, 0.25) is 0 Å². The van der Waals surface area contributed by atoms with Crippen LogP contribution in [0.5, 0.6) is 17.2 Å². The van der Waals surface area contributed by atoms with Crippen molar-refractivity contribution in [2.24, 2.45) is 0 Å². The average molecular weight is 428 g/mol. The van der Waals surface area contributed by atoms with Gasteiger partial charge in [-0.05, 0) is 45.0 Å². The van der Waals surface area contributed by atoms with Crippen LogP contribution in [0.1, 0.15) is 36.8 Å². The highest BCUT2D eigenvalue weighted by atomic mass is 19.1. The first kappa shape index (κ1) is 22.1. The fourth-order valence-corrected chi connectivity index (χ4v) is 2.98. The van der Waals surface area contributed by atoms with E-state index in [1.165, 1.54) is 6.07 Å². The molecule has 0 aliphatic carbocycles. The number of nitrogens with zero attached hydrogens (tertiary/aromatic N) is 1. The third kappa shape index (κ3) is 5.33. The fraction of sp³-hybridized carbons (Fsp3) is 0.304. The smallest absolute Gasteiger partial charge is 0.251 e. The van der Waals surface area contributed by atoms with Gasteiger partial charge in [0.05, 0.1) is 31.9 Å². The summed E-state index contributed by atoms with van der Waals surface area (Å²) in [7, 11) is 0. The molecule has 0 fully saturated rings. The number of carbonyl (C=O) groups is 1. The Morgan fingerprint density at radius 1 is 1.00 bits per heavy atom. The SMILES string of the molecule is CCOc1cc(C(=O)NCc2cc(-c3ccccc3F)on2)cc(OCC)c1OCC. The van der Waals surface area contributed by atoms with Gasteiger partial charge in [-0.1, -0.05) is 17.3 Å². The minimum Gasteiger partial charge on any atom is -0.490 e. The van der Waals surface area contributed by atoms with Crippen LogP contribution in [-0.4, -0.2) is 30.9 Å². The average Bonchev–Trinajstić information content (AvgIpc) is 3.23. The van der Waals surface area contributed by atoms with Gasteiger partial charge in [0.1, 0.15) is 11.5 Å². The maximum absolute atomic E-state index is 13.9. The predicted molar refractivity (Wildman–Crippen MR) is 113 cm³/mol. The summed E-state index contributed by atoms with van der Waals surface area (Å²) in [6.07, 6.45) is 0. The van der Waals surface area contributed by atoms with Crippen molar-refractivity contribution in [2.75, 3.05) is 19.8 Å². The monoisotopic (exact) mass is 428 g/mol. The Hall–Kier alpha value is -3.55.